The van der Waals surface area contributed by atoms with Gasteiger partial charge in [-0.15, -0.1) is 11.8 Å². The third-order valence-electron chi connectivity index (χ3n) is 3.08. The van der Waals surface area contributed by atoms with Crippen molar-refractivity contribution in [3.63, 3.8) is 0 Å². The first-order valence-corrected chi connectivity index (χ1v) is 8.74. The summed E-state index contributed by atoms with van der Waals surface area (Å²) in [6.07, 6.45) is -0.105. The summed E-state index contributed by atoms with van der Waals surface area (Å²) in [5.41, 5.74) is 1.82. The number of thioether (sulfide) groups is 1. The van der Waals surface area contributed by atoms with E-state index in [0.717, 1.165) is 21.8 Å². The summed E-state index contributed by atoms with van der Waals surface area (Å²) in [4.78, 5) is 13.4. The minimum Gasteiger partial charge on any atom is -0.375 e. The van der Waals surface area contributed by atoms with Crippen molar-refractivity contribution in [2.75, 3.05) is 19.4 Å². The van der Waals surface area contributed by atoms with Gasteiger partial charge in [-0.05, 0) is 40.3 Å². The average molecular weight is 321 g/mol. The lowest BCUT2D eigenvalue weighted by molar-refractivity contribution is 0.0827. The van der Waals surface area contributed by atoms with Crippen LogP contribution >= 0.6 is 23.1 Å². The Morgan fingerprint density at radius 1 is 1.38 bits per heavy atom. The molecule has 2 rings (SSSR count). The number of thiophene rings is 1. The number of carbonyl (C=O) groups is 1. The van der Waals surface area contributed by atoms with Crippen LogP contribution in [0.4, 0.5) is 0 Å². The largest absolute Gasteiger partial charge is 0.375 e. The maximum absolute atomic E-state index is 12.4. The summed E-state index contributed by atoms with van der Waals surface area (Å²) >= 11 is 3.30. The monoisotopic (exact) mass is 321 g/mol. The van der Waals surface area contributed by atoms with Crippen molar-refractivity contribution in [3.8, 4) is 0 Å². The Kier molecular flexibility index (Phi) is 6.29. The van der Waals surface area contributed by atoms with Crippen LogP contribution in [-0.4, -0.2) is 25.3 Å². The van der Waals surface area contributed by atoms with Gasteiger partial charge < -0.3 is 10.1 Å². The first kappa shape index (κ1) is 16.1. The molecule has 0 unspecified atom stereocenters. The predicted molar refractivity (Wildman–Crippen MR) is 89.2 cm³/mol. The molecule has 1 aromatic carbocycles. The molecule has 0 saturated carbocycles. The van der Waals surface area contributed by atoms with Gasteiger partial charge in [0.05, 0.1) is 5.56 Å². The molecule has 3 nitrogen and oxygen atoms in total. The zero-order valence-corrected chi connectivity index (χ0v) is 13.8. The lowest BCUT2D eigenvalue weighted by Gasteiger charge is -2.16. The van der Waals surface area contributed by atoms with Gasteiger partial charge in [0.2, 0.25) is 0 Å². The zero-order valence-electron chi connectivity index (χ0n) is 12.2. The molecule has 0 bridgehead atoms. The second-order valence-electron chi connectivity index (χ2n) is 4.42. The summed E-state index contributed by atoms with van der Waals surface area (Å²) in [7, 11) is 1.66. The number of hydrogen-bond acceptors (Lipinski definition) is 4. The predicted octanol–water partition coefficient (Wildman–Crippen LogP) is 3.98. The molecule has 1 aromatic heterocycles. The lowest BCUT2D eigenvalue weighted by atomic mass is 10.1. The molecule has 0 saturated heterocycles. The van der Waals surface area contributed by atoms with Crippen LogP contribution in [0, 0.1) is 0 Å². The van der Waals surface area contributed by atoms with E-state index in [2.05, 4.69) is 12.2 Å². The number of methoxy groups -OCH3 is 1. The first-order valence-electron chi connectivity index (χ1n) is 6.81. The highest BCUT2D eigenvalue weighted by molar-refractivity contribution is 7.99. The quantitative estimate of drug-likeness (QED) is 0.784. The van der Waals surface area contributed by atoms with Crippen molar-refractivity contribution in [3.05, 3.63) is 52.2 Å². The summed E-state index contributed by atoms with van der Waals surface area (Å²) in [5.74, 6) is 0.892. The first-order chi connectivity index (χ1) is 10.3. The molecule has 21 heavy (non-hydrogen) atoms. The number of ether oxygens (including phenoxy) is 1. The van der Waals surface area contributed by atoms with E-state index in [4.69, 9.17) is 4.74 Å². The van der Waals surface area contributed by atoms with Crippen LogP contribution in [0.25, 0.3) is 0 Å². The van der Waals surface area contributed by atoms with Crippen LogP contribution in [0.15, 0.2) is 46.0 Å². The standard InChI is InChI=1S/C16H19NO2S2/c1-3-21-15-7-5-4-6-13(15)16(18)17-10-14(19-2)12-8-9-20-11-12/h4-9,11,14H,3,10H2,1-2H3,(H,17,18)/t14-/m0/s1. The van der Waals surface area contributed by atoms with Crippen LogP contribution in [0.3, 0.4) is 0 Å². The van der Waals surface area contributed by atoms with Crippen LogP contribution in [0.2, 0.25) is 0 Å². The van der Waals surface area contributed by atoms with Gasteiger partial charge in [-0.3, -0.25) is 4.79 Å². The van der Waals surface area contributed by atoms with Crippen molar-refractivity contribution in [1.29, 1.82) is 0 Å². The number of benzene rings is 1. The molecule has 1 N–H and O–H groups in total. The molecule has 112 valence electrons. The zero-order chi connectivity index (χ0) is 15.1. The maximum atomic E-state index is 12.4. The van der Waals surface area contributed by atoms with Crippen molar-refractivity contribution in [1.82, 2.24) is 5.32 Å². The van der Waals surface area contributed by atoms with Crippen molar-refractivity contribution < 1.29 is 9.53 Å². The molecule has 0 spiro atoms. The third kappa shape index (κ3) is 4.33. The molecule has 2 aromatic rings. The second-order valence-corrected chi connectivity index (χ2v) is 6.51. The molecular weight excluding hydrogens is 302 g/mol. The molecule has 1 atom stereocenters. The fraction of sp³-hybridized carbons (Fsp3) is 0.312. The second kappa shape index (κ2) is 8.22. The fourth-order valence-electron chi connectivity index (χ4n) is 2.01. The Morgan fingerprint density at radius 2 is 2.19 bits per heavy atom. The van der Waals surface area contributed by atoms with Crippen molar-refractivity contribution >= 4 is 29.0 Å². The van der Waals surface area contributed by atoms with Gasteiger partial charge in [0.1, 0.15) is 6.10 Å². The van der Waals surface area contributed by atoms with Gasteiger partial charge in [-0.1, -0.05) is 19.1 Å². The Morgan fingerprint density at radius 3 is 2.86 bits per heavy atom. The van der Waals surface area contributed by atoms with Gasteiger partial charge in [0.25, 0.3) is 5.91 Å². The number of hydrogen-bond donors (Lipinski definition) is 1. The molecule has 1 heterocycles. The minimum absolute atomic E-state index is 0.0520. The molecule has 0 radical (unpaired) electrons. The Balaban J connectivity index is 2.01. The summed E-state index contributed by atoms with van der Waals surface area (Å²) < 4.78 is 5.45. The van der Waals surface area contributed by atoms with Gasteiger partial charge in [-0.2, -0.15) is 11.3 Å². The van der Waals surface area contributed by atoms with Crippen LogP contribution in [-0.2, 0) is 4.74 Å². The van der Waals surface area contributed by atoms with Gasteiger partial charge in [0.15, 0.2) is 0 Å². The minimum atomic E-state index is -0.105. The van der Waals surface area contributed by atoms with Gasteiger partial charge in [0, 0.05) is 18.6 Å². The topological polar surface area (TPSA) is 38.3 Å². The number of amides is 1. The number of carbonyl (C=O) groups excluding carboxylic acids is 1. The summed E-state index contributed by atoms with van der Waals surface area (Å²) in [6.45, 7) is 2.55. The molecule has 0 fully saturated rings. The normalized spacial score (nSPS) is 12.1. The summed E-state index contributed by atoms with van der Waals surface area (Å²) in [6, 6.07) is 9.71. The lowest BCUT2D eigenvalue weighted by Crippen LogP contribution is -2.29. The fourth-order valence-corrected chi connectivity index (χ4v) is 3.52. The SMILES string of the molecule is CCSc1ccccc1C(=O)NC[C@H](OC)c1ccsc1. The van der Waals surface area contributed by atoms with E-state index in [-0.39, 0.29) is 12.0 Å². The highest BCUT2D eigenvalue weighted by Gasteiger charge is 2.15. The molecule has 5 heteroatoms. The van der Waals surface area contributed by atoms with E-state index in [0.29, 0.717) is 6.54 Å². The Labute approximate surface area is 133 Å². The van der Waals surface area contributed by atoms with Crippen LogP contribution in [0.1, 0.15) is 28.9 Å². The highest BCUT2D eigenvalue weighted by Crippen LogP contribution is 2.23. The maximum Gasteiger partial charge on any atom is 0.252 e. The van der Waals surface area contributed by atoms with E-state index in [1.165, 1.54) is 0 Å². The van der Waals surface area contributed by atoms with Crippen LogP contribution < -0.4 is 5.32 Å². The third-order valence-corrected chi connectivity index (χ3v) is 4.74. The molecule has 0 aliphatic heterocycles. The molecule has 1 amide bonds. The highest BCUT2D eigenvalue weighted by atomic mass is 32.2. The van der Waals surface area contributed by atoms with E-state index in [9.17, 15) is 4.79 Å². The summed E-state index contributed by atoms with van der Waals surface area (Å²) in [5, 5.41) is 7.02. The average Bonchev–Trinajstić information content (AvgIpc) is 3.03. The van der Waals surface area contributed by atoms with Crippen molar-refractivity contribution in [2.24, 2.45) is 0 Å². The van der Waals surface area contributed by atoms with Crippen molar-refractivity contribution in [2.45, 2.75) is 17.9 Å². The molecular formula is C16H19NO2S2. The molecule has 0 aliphatic carbocycles. The van der Waals surface area contributed by atoms with E-state index < -0.39 is 0 Å². The van der Waals surface area contributed by atoms with Crippen LogP contribution in [0.5, 0.6) is 0 Å². The van der Waals surface area contributed by atoms with Gasteiger partial charge >= 0.3 is 0 Å². The molecule has 0 aliphatic rings. The Bertz CT molecular complexity index is 569. The smallest absolute Gasteiger partial charge is 0.252 e. The van der Waals surface area contributed by atoms with E-state index in [1.807, 2.05) is 41.1 Å². The number of rotatable bonds is 7. The van der Waals surface area contributed by atoms with E-state index >= 15 is 0 Å². The van der Waals surface area contributed by atoms with Gasteiger partial charge in [-0.25, -0.2) is 0 Å². The Hall–Kier alpha value is -1.30. The number of nitrogens with one attached hydrogen (secondary N) is 1. The van der Waals surface area contributed by atoms with E-state index in [1.54, 1.807) is 30.2 Å².